The number of aryl methyl sites for hydroxylation is 3. The van der Waals surface area contributed by atoms with E-state index in [1.165, 1.54) is 48.8 Å². The summed E-state index contributed by atoms with van der Waals surface area (Å²) in [6.45, 7) is 10.1. The molecule has 0 amide bonds. The van der Waals surface area contributed by atoms with E-state index in [1.54, 1.807) is 5.56 Å². The smallest absolute Gasteiger partial charge is 0.0351 e. The molecule has 1 aliphatic carbocycles. The van der Waals surface area contributed by atoms with Crippen LogP contribution >= 0.6 is 0 Å². The van der Waals surface area contributed by atoms with Crippen molar-refractivity contribution in [2.45, 2.75) is 65.8 Å². The minimum atomic E-state index is 0.571. The summed E-state index contributed by atoms with van der Waals surface area (Å²) in [6, 6.07) is 5.36. The van der Waals surface area contributed by atoms with Crippen molar-refractivity contribution in [1.82, 2.24) is 5.32 Å². The highest BCUT2D eigenvalue weighted by Crippen LogP contribution is 2.37. The lowest BCUT2D eigenvalue weighted by Gasteiger charge is -2.27. The summed E-state index contributed by atoms with van der Waals surface area (Å²) in [5.41, 5.74) is 5.86. The summed E-state index contributed by atoms with van der Waals surface area (Å²) < 4.78 is 0. The SMILES string of the molecule is CCCNC(c1cc(C)c(C)cc1C)C1CCCC1. The first-order valence-corrected chi connectivity index (χ1v) is 7.94. The molecule has 0 aromatic heterocycles. The van der Waals surface area contributed by atoms with Crippen LogP contribution < -0.4 is 5.32 Å². The average Bonchev–Trinajstić information content (AvgIpc) is 2.89. The Balaban J connectivity index is 2.28. The Morgan fingerprint density at radius 1 is 1.05 bits per heavy atom. The van der Waals surface area contributed by atoms with Crippen LogP contribution in [0.1, 0.15) is 67.3 Å². The van der Waals surface area contributed by atoms with Crippen molar-refractivity contribution < 1.29 is 0 Å². The highest BCUT2D eigenvalue weighted by atomic mass is 14.9. The van der Waals surface area contributed by atoms with Crippen molar-refractivity contribution in [1.29, 1.82) is 0 Å². The van der Waals surface area contributed by atoms with Gasteiger partial charge in [-0.3, -0.25) is 0 Å². The van der Waals surface area contributed by atoms with Crippen LogP contribution in [-0.4, -0.2) is 6.54 Å². The first kappa shape index (κ1) is 14.6. The highest BCUT2D eigenvalue weighted by Gasteiger charge is 2.27. The summed E-state index contributed by atoms with van der Waals surface area (Å²) >= 11 is 0. The zero-order valence-electron chi connectivity index (χ0n) is 13.1. The number of hydrogen-bond donors (Lipinski definition) is 1. The molecule has 1 atom stereocenters. The molecule has 1 unspecified atom stereocenters. The van der Waals surface area contributed by atoms with Crippen LogP contribution in [0.4, 0.5) is 0 Å². The number of rotatable bonds is 5. The standard InChI is InChI=1S/C18H29N/c1-5-10-19-18(16-8-6-7-9-16)17-12-14(3)13(2)11-15(17)4/h11-12,16,18-19H,5-10H2,1-4H3. The third kappa shape index (κ3) is 3.39. The summed E-state index contributed by atoms with van der Waals surface area (Å²) in [4.78, 5) is 0. The summed E-state index contributed by atoms with van der Waals surface area (Å²) in [7, 11) is 0. The lowest BCUT2D eigenvalue weighted by atomic mass is 9.87. The van der Waals surface area contributed by atoms with E-state index in [0.717, 1.165) is 12.5 Å². The first-order valence-electron chi connectivity index (χ1n) is 7.94. The lowest BCUT2D eigenvalue weighted by Crippen LogP contribution is -2.28. The molecule has 0 radical (unpaired) electrons. The van der Waals surface area contributed by atoms with Crippen LogP contribution in [0.3, 0.4) is 0 Å². The lowest BCUT2D eigenvalue weighted by molar-refractivity contribution is 0.367. The average molecular weight is 259 g/mol. The Morgan fingerprint density at radius 3 is 2.32 bits per heavy atom. The number of benzene rings is 1. The van der Waals surface area contributed by atoms with Gasteiger partial charge < -0.3 is 5.32 Å². The van der Waals surface area contributed by atoms with Crippen molar-refractivity contribution in [3.8, 4) is 0 Å². The van der Waals surface area contributed by atoms with Gasteiger partial charge in [0.15, 0.2) is 0 Å². The Hall–Kier alpha value is -0.820. The van der Waals surface area contributed by atoms with Crippen LogP contribution in [0.2, 0.25) is 0 Å². The molecule has 1 aliphatic rings. The third-order valence-electron chi connectivity index (χ3n) is 4.70. The fraction of sp³-hybridized carbons (Fsp3) is 0.667. The van der Waals surface area contributed by atoms with E-state index in [-0.39, 0.29) is 0 Å². The monoisotopic (exact) mass is 259 g/mol. The zero-order valence-corrected chi connectivity index (χ0v) is 13.1. The van der Waals surface area contributed by atoms with Crippen LogP contribution in [0.25, 0.3) is 0 Å². The molecule has 1 aromatic carbocycles. The maximum absolute atomic E-state index is 3.82. The van der Waals surface area contributed by atoms with Gasteiger partial charge in [0.25, 0.3) is 0 Å². The number of hydrogen-bond acceptors (Lipinski definition) is 1. The van der Waals surface area contributed by atoms with E-state index in [4.69, 9.17) is 0 Å². The second-order valence-corrected chi connectivity index (χ2v) is 6.27. The van der Waals surface area contributed by atoms with Crippen molar-refractivity contribution in [3.05, 3.63) is 34.4 Å². The maximum Gasteiger partial charge on any atom is 0.0351 e. The van der Waals surface area contributed by atoms with Crippen molar-refractivity contribution in [2.24, 2.45) is 5.92 Å². The Morgan fingerprint density at radius 2 is 1.68 bits per heavy atom. The topological polar surface area (TPSA) is 12.0 Å². The molecule has 0 aliphatic heterocycles. The predicted molar refractivity (Wildman–Crippen MR) is 83.6 cm³/mol. The van der Waals surface area contributed by atoms with Crippen LogP contribution in [0.5, 0.6) is 0 Å². The van der Waals surface area contributed by atoms with E-state index >= 15 is 0 Å². The van der Waals surface area contributed by atoms with Gasteiger partial charge in [0.05, 0.1) is 0 Å². The molecular formula is C18H29N. The molecule has 1 fully saturated rings. The van der Waals surface area contributed by atoms with E-state index in [9.17, 15) is 0 Å². The molecule has 106 valence electrons. The first-order chi connectivity index (χ1) is 9.13. The quantitative estimate of drug-likeness (QED) is 0.797. The van der Waals surface area contributed by atoms with E-state index in [1.807, 2.05) is 0 Å². The Labute approximate surface area is 118 Å². The molecule has 0 bridgehead atoms. The van der Waals surface area contributed by atoms with Gasteiger partial charge in [-0.15, -0.1) is 0 Å². The molecule has 1 N–H and O–H groups in total. The van der Waals surface area contributed by atoms with Gasteiger partial charge in [-0.1, -0.05) is 31.9 Å². The van der Waals surface area contributed by atoms with E-state index < -0.39 is 0 Å². The highest BCUT2D eigenvalue weighted by molar-refractivity contribution is 5.38. The summed E-state index contributed by atoms with van der Waals surface area (Å²) in [5, 5.41) is 3.82. The normalized spacial score (nSPS) is 17.9. The summed E-state index contributed by atoms with van der Waals surface area (Å²) in [6.07, 6.45) is 6.84. The molecule has 1 nitrogen and oxygen atoms in total. The van der Waals surface area contributed by atoms with Gasteiger partial charge in [-0.25, -0.2) is 0 Å². The molecule has 0 spiro atoms. The molecule has 0 saturated heterocycles. The van der Waals surface area contributed by atoms with Crippen LogP contribution in [0, 0.1) is 26.7 Å². The molecule has 1 aromatic rings. The second-order valence-electron chi connectivity index (χ2n) is 6.27. The van der Waals surface area contributed by atoms with Gasteiger partial charge in [0.2, 0.25) is 0 Å². The maximum atomic E-state index is 3.82. The number of nitrogens with one attached hydrogen (secondary N) is 1. The Kier molecular flexibility index (Phi) is 5.04. The molecule has 1 heteroatoms. The fourth-order valence-electron chi connectivity index (χ4n) is 3.44. The predicted octanol–water partition coefficient (Wildman–Crippen LogP) is 4.84. The van der Waals surface area contributed by atoms with Crippen molar-refractivity contribution >= 4 is 0 Å². The molecule has 1 saturated carbocycles. The van der Waals surface area contributed by atoms with E-state index in [0.29, 0.717) is 6.04 Å². The second kappa shape index (κ2) is 6.56. The largest absolute Gasteiger partial charge is 0.310 e. The van der Waals surface area contributed by atoms with Crippen LogP contribution in [0.15, 0.2) is 12.1 Å². The third-order valence-corrected chi connectivity index (χ3v) is 4.70. The molecule has 2 rings (SSSR count). The fourth-order valence-corrected chi connectivity index (χ4v) is 3.44. The van der Waals surface area contributed by atoms with Gasteiger partial charge in [0, 0.05) is 6.04 Å². The molecule has 19 heavy (non-hydrogen) atoms. The molecule has 0 heterocycles. The molecular weight excluding hydrogens is 230 g/mol. The van der Waals surface area contributed by atoms with Gasteiger partial charge in [-0.2, -0.15) is 0 Å². The van der Waals surface area contributed by atoms with Crippen molar-refractivity contribution in [3.63, 3.8) is 0 Å². The Bertz CT molecular complexity index is 416. The van der Waals surface area contributed by atoms with E-state index in [2.05, 4.69) is 45.1 Å². The zero-order chi connectivity index (χ0) is 13.8. The van der Waals surface area contributed by atoms with Gasteiger partial charge >= 0.3 is 0 Å². The van der Waals surface area contributed by atoms with Crippen LogP contribution in [-0.2, 0) is 0 Å². The summed E-state index contributed by atoms with van der Waals surface area (Å²) in [5.74, 6) is 0.840. The minimum absolute atomic E-state index is 0.571. The van der Waals surface area contributed by atoms with Gasteiger partial charge in [0.1, 0.15) is 0 Å². The van der Waals surface area contributed by atoms with Crippen molar-refractivity contribution in [2.75, 3.05) is 6.54 Å². The minimum Gasteiger partial charge on any atom is -0.310 e. The van der Waals surface area contributed by atoms with Gasteiger partial charge in [-0.05, 0) is 74.8 Å².